The minimum absolute atomic E-state index is 0.106. The number of likely N-dealkylation sites (tertiary alicyclic amines) is 1. The number of amides is 1. The van der Waals surface area contributed by atoms with Gasteiger partial charge in [-0.2, -0.15) is 0 Å². The average Bonchev–Trinajstić information content (AvgIpc) is 2.58. The van der Waals surface area contributed by atoms with Crippen LogP contribution in [-0.2, 0) is 0 Å². The topological polar surface area (TPSA) is 52.6 Å². The van der Waals surface area contributed by atoms with E-state index in [1.54, 1.807) is 4.90 Å². The maximum absolute atomic E-state index is 11.1. The van der Waals surface area contributed by atoms with E-state index in [2.05, 4.69) is 19.2 Å². The van der Waals surface area contributed by atoms with Gasteiger partial charge in [0.1, 0.15) is 0 Å². The van der Waals surface area contributed by atoms with E-state index in [4.69, 9.17) is 5.11 Å². The van der Waals surface area contributed by atoms with E-state index in [-0.39, 0.29) is 5.54 Å². The number of fused-ring (bicyclic) bond motifs is 2. The zero-order valence-electron chi connectivity index (χ0n) is 8.79. The fourth-order valence-corrected chi connectivity index (χ4v) is 2.99. The Balaban J connectivity index is 2.17. The van der Waals surface area contributed by atoms with Crippen molar-refractivity contribution < 1.29 is 9.90 Å². The summed E-state index contributed by atoms with van der Waals surface area (Å²) in [6, 6.07) is 0.393. The molecule has 1 amide bonds. The number of piperazine rings is 1. The number of rotatable bonds is 2. The third-order valence-electron chi connectivity index (χ3n) is 3.34. The molecule has 0 radical (unpaired) electrons. The molecule has 2 heterocycles. The Hall–Kier alpha value is -0.770. The molecule has 0 unspecified atom stereocenters. The zero-order chi connectivity index (χ0) is 10.3. The number of carbonyl (C=O) groups is 1. The van der Waals surface area contributed by atoms with Crippen molar-refractivity contribution in [1.82, 2.24) is 10.2 Å². The second kappa shape index (κ2) is 3.12. The molecule has 4 nitrogen and oxygen atoms in total. The Kier molecular flexibility index (Phi) is 2.18. The van der Waals surface area contributed by atoms with Gasteiger partial charge in [-0.25, -0.2) is 4.79 Å². The molecule has 0 saturated carbocycles. The molecular weight excluding hydrogens is 180 g/mol. The van der Waals surface area contributed by atoms with Crippen molar-refractivity contribution in [3.63, 3.8) is 0 Å². The number of nitrogens with one attached hydrogen (secondary N) is 1. The number of nitrogens with zero attached hydrogens (tertiary/aromatic N) is 1. The number of hydrogen-bond donors (Lipinski definition) is 2. The molecule has 0 aromatic carbocycles. The molecule has 4 heteroatoms. The first kappa shape index (κ1) is 9.77. The molecule has 14 heavy (non-hydrogen) atoms. The van der Waals surface area contributed by atoms with Crippen LogP contribution in [0.25, 0.3) is 0 Å². The highest BCUT2D eigenvalue weighted by atomic mass is 16.4. The molecule has 2 atom stereocenters. The summed E-state index contributed by atoms with van der Waals surface area (Å²) in [6.45, 7) is 5.81. The van der Waals surface area contributed by atoms with Crippen LogP contribution in [0.1, 0.15) is 26.7 Å². The summed E-state index contributed by atoms with van der Waals surface area (Å²) >= 11 is 0. The van der Waals surface area contributed by atoms with E-state index >= 15 is 0 Å². The van der Waals surface area contributed by atoms with Crippen LogP contribution in [0.5, 0.6) is 0 Å². The first-order valence-corrected chi connectivity index (χ1v) is 5.27. The number of hydrogen-bond acceptors (Lipinski definition) is 2. The van der Waals surface area contributed by atoms with Gasteiger partial charge in [0, 0.05) is 19.1 Å². The van der Waals surface area contributed by atoms with Crippen LogP contribution in [0, 0.1) is 5.92 Å². The van der Waals surface area contributed by atoms with E-state index in [1.807, 2.05) is 0 Å². The van der Waals surface area contributed by atoms with E-state index in [1.165, 1.54) is 0 Å². The van der Waals surface area contributed by atoms with Crippen molar-refractivity contribution >= 4 is 6.09 Å². The molecular formula is C10H18N2O2. The number of carboxylic acid groups (broad SMARTS) is 1. The van der Waals surface area contributed by atoms with E-state index in [0.29, 0.717) is 18.5 Å². The van der Waals surface area contributed by atoms with Crippen LogP contribution in [0.2, 0.25) is 0 Å². The standard InChI is InChI=1S/C10H18N2O2/c1-7(2)3-10-4-8(11-6-10)5-12(10)9(13)14/h7-8,11H,3-6H2,1-2H3,(H,13,14)/t8-,10-/m0/s1. The second-order valence-electron chi connectivity index (χ2n) is 5.00. The molecule has 2 saturated heterocycles. The lowest BCUT2D eigenvalue weighted by Crippen LogP contribution is -2.55. The van der Waals surface area contributed by atoms with Crippen molar-refractivity contribution in [3.05, 3.63) is 0 Å². The minimum Gasteiger partial charge on any atom is -0.465 e. The Bertz CT molecular complexity index is 255. The molecule has 0 aromatic heterocycles. The highest BCUT2D eigenvalue weighted by molar-refractivity contribution is 5.67. The van der Waals surface area contributed by atoms with Gasteiger partial charge in [-0.15, -0.1) is 0 Å². The summed E-state index contributed by atoms with van der Waals surface area (Å²) in [4.78, 5) is 12.7. The van der Waals surface area contributed by atoms with Crippen molar-refractivity contribution in [1.29, 1.82) is 0 Å². The summed E-state index contributed by atoms with van der Waals surface area (Å²) in [6.07, 6.45) is 1.22. The molecule has 0 spiro atoms. The van der Waals surface area contributed by atoms with Crippen LogP contribution < -0.4 is 5.32 Å². The van der Waals surface area contributed by atoms with Gasteiger partial charge in [0.05, 0.1) is 5.54 Å². The minimum atomic E-state index is -0.755. The third-order valence-corrected chi connectivity index (χ3v) is 3.34. The van der Waals surface area contributed by atoms with Gasteiger partial charge in [-0.3, -0.25) is 4.90 Å². The summed E-state index contributed by atoms with van der Waals surface area (Å²) in [5.41, 5.74) is -0.106. The van der Waals surface area contributed by atoms with Gasteiger partial charge in [-0.1, -0.05) is 13.8 Å². The first-order valence-electron chi connectivity index (χ1n) is 5.27. The maximum Gasteiger partial charge on any atom is 0.407 e. The van der Waals surface area contributed by atoms with Crippen LogP contribution in [0.3, 0.4) is 0 Å². The summed E-state index contributed by atoms with van der Waals surface area (Å²) in [7, 11) is 0. The van der Waals surface area contributed by atoms with Gasteiger partial charge >= 0.3 is 6.09 Å². The van der Waals surface area contributed by atoms with Gasteiger partial charge in [0.25, 0.3) is 0 Å². The molecule has 2 bridgehead atoms. The average molecular weight is 198 g/mol. The summed E-state index contributed by atoms with van der Waals surface area (Å²) in [5, 5.41) is 12.5. The first-order chi connectivity index (χ1) is 6.53. The highest BCUT2D eigenvalue weighted by Gasteiger charge is 2.52. The SMILES string of the molecule is CC(C)C[C@]12CN[C@H](CN1C(=O)O)C2. The molecule has 2 rings (SSSR count). The normalized spacial score (nSPS) is 35.6. The fraction of sp³-hybridized carbons (Fsp3) is 0.900. The molecule has 2 aliphatic rings. The Morgan fingerprint density at radius 2 is 2.43 bits per heavy atom. The van der Waals surface area contributed by atoms with E-state index in [9.17, 15) is 4.79 Å². The summed E-state index contributed by atoms with van der Waals surface area (Å²) in [5.74, 6) is 0.551. The fourth-order valence-electron chi connectivity index (χ4n) is 2.99. The largest absolute Gasteiger partial charge is 0.465 e. The molecule has 2 N–H and O–H groups in total. The quantitative estimate of drug-likeness (QED) is 0.699. The zero-order valence-corrected chi connectivity index (χ0v) is 8.79. The lowest BCUT2D eigenvalue weighted by Gasteiger charge is -2.38. The van der Waals surface area contributed by atoms with Gasteiger partial charge in [0.15, 0.2) is 0 Å². The Morgan fingerprint density at radius 1 is 1.71 bits per heavy atom. The maximum atomic E-state index is 11.1. The monoisotopic (exact) mass is 198 g/mol. The molecule has 0 aromatic rings. The van der Waals surface area contributed by atoms with Crippen molar-refractivity contribution in [2.75, 3.05) is 13.1 Å². The molecule has 0 aliphatic carbocycles. The lowest BCUT2D eigenvalue weighted by atomic mass is 9.88. The van der Waals surface area contributed by atoms with Crippen LogP contribution in [0.4, 0.5) is 4.79 Å². The predicted molar refractivity (Wildman–Crippen MR) is 53.3 cm³/mol. The van der Waals surface area contributed by atoms with Gasteiger partial charge in [-0.05, 0) is 18.8 Å². The lowest BCUT2D eigenvalue weighted by molar-refractivity contribution is 0.0855. The molecule has 80 valence electrons. The Labute approximate surface area is 84.3 Å². The molecule has 2 aliphatic heterocycles. The smallest absolute Gasteiger partial charge is 0.407 e. The highest BCUT2D eigenvalue weighted by Crippen LogP contribution is 2.39. The predicted octanol–water partition coefficient (Wildman–Crippen LogP) is 1.13. The molecule has 2 fully saturated rings. The van der Waals surface area contributed by atoms with Crippen LogP contribution >= 0.6 is 0 Å². The van der Waals surface area contributed by atoms with Crippen molar-refractivity contribution in [2.24, 2.45) is 5.92 Å². The van der Waals surface area contributed by atoms with E-state index in [0.717, 1.165) is 19.4 Å². The Morgan fingerprint density at radius 3 is 2.93 bits per heavy atom. The third kappa shape index (κ3) is 1.38. The van der Waals surface area contributed by atoms with Crippen molar-refractivity contribution in [3.8, 4) is 0 Å². The van der Waals surface area contributed by atoms with Crippen molar-refractivity contribution in [2.45, 2.75) is 38.3 Å². The van der Waals surface area contributed by atoms with Gasteiger partial charge < -0.3 is 10.4 Å². The van der Waals surface area contributed by atoms with Crippen LogP contribution in [-0.4, -0.2) is 40.8 Å². The summed E-state index contributed by atoms with van der Waals surface area (Å²) < 4.78 is 0. The second-order valence-corrected chi connectivity index (χ2v) is 5.00. The van der Waals surface area contributed by atoms with Gasteiger partial charge in [0.2, 0.25) is 0 Å². The van der Waals surface area contributed by atoms with Crippen LogP contribution in [0.15, 0.2) is 0 Å². The van der Waals surface area contributed by atoms with E-state index < -0.39 is 6.09 Å².